The van der Waals surface area contributed by atoms with Gasteiger partial charge in [-0.3, -0.25) is 14.9 Å². The summed E-state index contributed by atoms with van der Waals surface area (Å²) in [5.74, 6) is -0.532. The number of fused-ring (bicyclic) bond motifs is 8. The Bertz CT molecular complexity index is 1080. The minimum absolute atomic E-state index is 0.154. The van der Waals surface area contributed by atoms with Crippen LogP contribution in [0.15, 0.2) is 12.1 Å². The second-order valence-electron chi connectivity index (χ2n) is 6.04. The molecule has 23 heavy (non-hydrogen) atoms. The molecular weight excluding hydrogens is 407 g/mol. The highest BCUT2D eigenvalue weighted by molar-refractivity contribution is 14.1. The number of aryl methyl sites for hydroxylation is 1. The zero-order valence-corrected chi connectivity index (χ0v) is 14.1. The Labute approximate surface area is 144 Å². The summed E-state index contributed by atoms with van der Waals surface area (Å²) in [5.41, 5.74) is 4.68. The molecule has 3 aromatic rings. The molecule has 2 aliphatic rings. The van der Waals surface area contributed by atoms with Gasteiger partial charge < -0.3 is 10.1 Å². The zero-order chi connectivity index (χ0) is 15.9. The fourth-order valence-electron chi connectivity index (χ4n) is 4.00. The van der Waals surface area contributed by atoms with Crippen LogP contribution in [-0.4, -0.2) is 21.9 Å². The molecule has 0 spiro atoms. The summed E-state index contributed by atoms with van der Waals surface area (Å²) in [6.45, 7) is 0. The van der Waals surface area contributed by atoms with Gasteiger partial charge in [0, 0.05) is 5.39 Å². The topological polar surface area (TPSA) is 82.2 Å². The summed E-state index contributed by atoms with van der Waals surface area (Å²) in [6, 6.07) is 3.73. The fraction of sp³-hybridized carbons (Fsp3) is 0.176. The molecule has 2 aromatic carbocycles. The molecule has 0 saturated carbocycles. The molecule has 6 heteroatoms. The van der Waals surface area contributed by atoms with Crippen molar-refractivity contribution in [3.8, 4) is 5.75 Å². The van der Waals surface area contributed by atoms with E-state index in [2.05, 4.69) is 32.9 Å². The molecule has 114 valence electrons. The molecule has 0 bridgehead atoms. The number of hydrogen-bond donors (Lipinski definition) is 3. The van der Waals surface area contributed by atoms with E-state index >= 15 is 0 Å². The maximum atomic E-state index is 12.4. The molecule has 1 aliphatic carbocycles. The second kappa shape index (κ2) is 4.25. The second-order valence-corrected chi connectivity index (χ2v) is 7.20. The highest BCUT2D eigenvalue weighted by Crippen LogP contribution is 2.44. The van der Waals surface area contributed by atoms with E-state index in [1.54, 1.807) is 0 Å². The number of hydrogen-bond acceptors (Lipinski definition) is 3. The lowest BCUT2D eigenvalue weighted by Gasteiger charge is -2.08. The summed E-state index contributed by atoms with van der Waals surface area (Å²) in [6.07, 6.45) is 2.67. The number of imide groups is 1. The van der Waals surface area contributed by atoms with Gasteiger partial charge in [0.2, 0.25) is 0 Å². The van der Waals surface area contributed by atoms with Gasteiger partial charge >= 0.3 is 0 Å². The van der Waals surface area contributed by atoms with Crippen molar-refractivity contribution in [1.29, 1.82) is 0 Å². The molecule has 0 atom stereocenters. The van der Waals surface area contributed by atoms with Gasteiger partial charge in [-0.1, -0.05) is 0 Å². The molecule has 0 saturated heterocycles. The van der Waals surface area contributed by atoms with Crippen LogP contribution in [0.4, 0.5) is 0 Å². The molecule has 0 unspecified atom stereocenters. The average molecular weight is 418 g/mol. The van der Waals surface area contributed by atoms with Crippen LogP contribution in [0.5, 0.6) is 5.75 Å². The van der Waals surface area contributed by atoms with E-state index in [-0.39, 0.29) is 17.6 Å². The summed E-state index contributed by atoms with van der Waals surface area (Å²) < 4.78 is 0.718. The smallest absolute Gasteiger partial charge is 0.259 e. The lowest BCUT2D eigenvalue weighted by molar-refractivity contribution is 0.0880. The number of phenolic OH excluding ortho intramolecular Hbond substituents is 1. The number of carbonyl (C=O) groups excluding carboxylic acids is 2. The van der Waals surface area contributed by atoms with Crippen molar-refractivity contribution in [3.63, 3.8) is 0 Å². The molecule has 5 nitrogen and oxygen atoms in total. The minimum atomic E-state index is -0.371. The first-order valence-electron chi connectivity index (χ1n) is 7.44. The SMILES string of the molecule is O=C1NC(=O)c2c1c1c(c3[nH]c4ccc(I)c(O)c4c23)CCC1. The molecule has 2 amide bonds. The number of phenols is 1. The third-order valence-corrected chi connectivity index (χ3v) is 5.76. The van der Waals surface area contributed by atoms with Crippen molar-refractivity contribution in [2.45, 2.75) is 19.3 Å². The number of benzene rings is 2. The first-order valence-corrected chi connectivity index (χ1v) is 8.52. The third-order valence-electron chi connectivity index (χ3n) is 4.89. The number of amides is 2. The number of H-pyrrole nitrogens is 1. The van der Waals surface area contributed by atoms with Crippen molar-refractivity contribution in [2.75, 3.05) is 0 Å². The Morgan fingerprint density at radius 3 is 2.57 bits per heavy atom. The standard InChI is InChI=1S/C17H11IN2O3/c18-8-4-5-9-11(15(8)21)12-13-10(16(22)20-17(13)23)6-2-1-3-7(6)14(12)19-9/h4-5,19,21H,1-3H2,(H,20,22,23). The number of halogens is 1. The highest BCUT2D eigenvalue weighted by Gasteiger charge is 2.37. The quantitative estimate of drug-likeness (QED) is 0.388. The van der Waals surface area contributed by atoms with E-state index in [9.17, 15) is 14.7 Å². The number of aromatic nitrogens is 1. The number of nitrogens with one attached hydrogen (secondary N) is 2. The summed E-state index contributed by atoms with van der Waals surface area (Å²) in [4.78, 5) is 28.0. The van der Waals surface area contributed by atoms with E-state index in [0.717, 1.165) is 45.0 Å². The first-order chi connectivity index (χ1) is 11.1. The molecule has 5 rings (SSSR count). The van der Waals surface area contributed by atoms with Crippen LogP contribution >= 0.6 is 22.6 Å². The van der Waals surface area contributed by atoms with Crippen LogP contribution in [0.1, 0.15) is 38.3 Å². The van der Waals surface area contributed by atoms with Crippen molar-refractivity contribution in [1.82, 2.24) is 10.3 Å². The molecule has 0 fully saturated rings. The zero-order valence-electron chi connectivity index (χ0n) is 11.9. The number of aromatic amines is 1. The van der Waals surface area contributed by atoms with E-state index < -0.39 is 0 Å². The average Bonchev–Trinajstić information content (AvgIpc) is 3.18. The Kier molecular flexibility index (Phi) is 2.47. The van der Waals surface area contributed by atoms with Crippen LogP contribution in [0.2, 0.25) is 0 Å². The highest BCUT2D eigenvalue weighted by atomic mass is 127. The molecule has 0 radical (unpaired) electrons. The molecule has 3 N–H and O–H groups in total. The third kappa shape index (κ3) is 1.52. The monoisotopic (exact) mass is 418 g/mol. The van der Waals surface area contributed by atoms with Gasteiger partial charge in [0.1, 0.15) is 5.75 Å². The fourth-order valence-corrected chi connectivity index (χ4v) is 4.45. The van der Waals surface area contributed by atoms with Gasteiger partial charge in [-0.05, 0) is 65.1 Å². The lowest BCUT2D eigenvalue weighted by atomic mass is 9.93. The Morgan fingerprint density at radius 2 is 1.74 bits per heavy atom. The molecular formula is C17H11IN2O3. The van der Waals surface area contributed by atoms with Crippen LogP contribution in [0.25, 0.3) is 21.8 Å². The van der Waals surface area contributed by atoms with Gasteiger partial charge in [0.15, 0.2) is 0 Å². The maximum absolute atomic E-state index is 12.4. The normalized spacial score (nSPS) is 16.2. The minimum Gasteiger partial charge on any atom is -0.506 e. The van der Waals surface area contributed by atoms with E-state index in [1.807, 2.05) is 12.1 Å². The Balaban J connectivity index is 2.12. The first kappa shape index (κ1) is 13.4. The predicted octanol–water partition coefficient (Wildman–Crippen LogP) is 3.00. The predicted molar refractivity (Wildman–Crippen MR) is 94.0 cm³/mol. The van der Waals surface area contributed by atoms with Crippen molar-refractivity contribution < 1.29 is 14.7 Å². The summed E-state index contributed by atoms with van der Waals surface area (Å²) >= 11 is 2.07. The van der Waals surface area contributed by atoms with Crippen LogP contribution in [-0.2, 0) is 12.8 Å². The lowest BCUT2D eigenvalue weighted by Crippen LogP contribution is -2.20. The van der Waals surface area contributed by atoms with Crippen molar-refractivity contribution in [3.05, 3.63) is 38.0 Å². The van der Waals surface area contributed by atoms with Crippen molar-refractivity contribution in [2.24, 2.45) is 0 Å². The largest absolute Gasteiger partial charge is 0.506 e. The molecule has 1 aliphatic heterocycles. The van der Waals surface area contributed by atoms with Gasteiger partial charge in [-0.25, -0.2) is 0 Å². The van der Waals surface area contributed by atoms with E-state index in [1.165, 1.54) is 0 Å². The Hall–Kier alpha value is -2.09. The van der Waals surface area contributed by atoms with Crippen molar-refractivity contribution >= 4 is 56.2 Å². The van der Waals surface area contributed by atoms with Gasteiger partial charge in [-0.15, -0.1) is 0 Å². The number of carbonyl (C=O) groups is 2. The summed E-state index contributed by atoms with van der Waals surface area (Å²) in [7, 11) is 0. The number of aromatic hydroxyl groups is 1. The van der Waals surface area contributed by atoms with Gasteiger partial charge in [-0.2, -0.15) is 0 Å². The van der Waals surface area contributed by atoms with E-state index in [4.69, 9.17) is 0 Å². The Morgan fingerprint density at radius 1 is 1.00 bits per heavy atom. The maximum Gasteiger partial charge on any atom is 0.259 e. The van der Waals surface area contributed by atoms with Gasteiger partial charge in [0.05, 0.1) is 31.1 Å². The van der Waals surface area contributed by atoms with Crippen LogP contribution in [0, 0.1) is 3.57 Å². The number of rotatable bonds is 0. The van der Waals surface area contributed by atoms with Gasteiger partial charge in [0.25, 0.3) is 11.8 Å². The van der Waals surface area contributed by atoms with Crippen LogP contribution in [0.3, 0.4) is 0 Å². The summed E-state index contributed by atoms with van der Waals surface area (Å²) in [5, 5.41) is 14.3. The van der Waals surface area contributed by atoms with E-state index in [0.29, 0.717) is 21.9 Å². The molecule has 1 aromatic heterocycles. The van der Waals surface area contributed by atoms with Crippen LogP contribution < -0.4 is 5.32 Å². The molecule has 2 heterocycles.